The molecule has 4 bridgehead atoms. The first-order valence-corrected chi connectivity index (χ1v) is 44.8. The third-order valence-corrected chi connectivity index (χ3v) is 34.9. The van der Waals surface area contributed by atoms with Crippen molar-refractivity contribution in [2.24, 2.45) is 0 Å². The Kier molecular flexibility index (Phi) is 44.1. The monoisotopic (exact) mass is 1220 g/mol. The van der Waals surface area contributed by atoms with Crippen LogP contribution in [0.3, 0.4) is 0 Å². The zero-order valence-electron chi connectivity index (χ0n) is 52.2. The lowest BCUT2D eigenvalue weighted by Crippen LogP contribution is -2.77. The average Bonchev–Trinajstić information content (AvgIpc) is 3.19. The molecule has 6 aliphatic rings. The summed E-state index contributed by atoms with van der Waals surface area (Å²) in [5.74, 6) is 0. The van der Waals surface area contributed by atoms with Gasteiger partial charge >= 0.3 is 35.2 Å². The predicted molar refractivity (Wildman–Crippen MR) is 338 cm³/mol. The normalized spacial score (nSPS) is 22.1. The van der Waals surface area contributed by atoms with Crippen molar-refractivity contribution in [3.05, 3.63) is 0 Å². The number of hydrogen-bond acceptors (Lipinski definition) is 20. The van der Waals surface area contributed by atoms with Crippen LogP contribution in [-0.2, 0) is 31.0 Å². The molecule has 6 fully saturated rings. The van der Waals surface area contributed by atoms with Crippen molar-refractivity contribution in [2.45, 2.75) is 67.0 Å². The average molecular weight is 1220 g/mol. The molecule has 0 spiro atoms. The number of nitrogens with one attached hydrogen (secondary N) is 1. The Hall–Kier alpha value is 1.66. The van der Waals surface area contributed by atoms with Crippen molar-refractivity contribution in [3.63, 3.8) is 0 Å². The van der Waals surface area contributed by atoms with Gasteiger partial charge in [0, 0.05) is 46.4 Å². The lowest BCUT2D eigenvalue weighted by molar-refractivity contribution is -0.0657. The first-order chi connectivity index (χ1) is 33.1. The van der Waals surface area contributed by atoms with Crippen molar-refractivity contribution in [2.75, 3.05) is 211 Å². The summed E-state index contributed by atoms with van der Waals surface area (Å²) in [4.78, 5) is 4.58. The van der Waals surface area contributed by atoms with Crippen molar-refractivity contribution >= 4 is 104 Å². The van der Waals surface area contributed by atoms with E-state index in [0.717, 1.165) is 59.1 Å². The lowest BCUT2D eigenvalue weighted by atomic mass is 10.4. The number of nitrogens with zero attached hydrogens (tertiary/aromatic N) is 12. The van der Waals surface area contributed by atoms with Crippen LogP contribution >= 0.6 is 11.1 Å². The van der Waals surface area contributed by atoms with E-state index in [4.69, 9.17) is 42.1 Å². The molecule has 0 aromatic heterocycles. The Balaban J connectivity index is -0.000000784. The fourth-order valence-corrected chi connectivity index (χ4v) is 29.1. The van der Waals surface area contributed by atoms with E-state index >= 15 is 0 Å². The van der Waals surface area contributed by atoms with E-state index in [2.05, 4.69) is 183 Å². The molecule has 1 N–H and O–H groups in total. The van der Waals surface area contributed by atoms with Gasteiger partial charge in [-0.25, -0.2) is 0 Å². The van der Waals surface area contributed by atoms with Gasteiger partial charge in [0.15, 0.2) is 9.84 Å². The Labute approximate surface area is 469 Å². The summed E-state index contributed by atoms with van der Waals surface area (Å²) in [6.45, 7) is 38.2. The molecule has 0 aliphatic carbocycles. The van der Waals surface area contributed by atoms with Crippen LogP contribution in [0.1, 0.15) is 27.7 Å². The Morgan fingerprint density at radius 2 is 0.764 bits per heavy atom. The predicted octanol–water partition coefficient (Wildman–Crippen LogP) is -2.41. The molecule has 6 aliphatic heterocycles. The highest BCUT2D eigenvalue weighted by molar-refractivity contribution is 7.15. The van der Waals surface area contributed by atoms with Gasteiger partial charge in [-0.1, -0.05) is 67.0 Å². The van der Waals surface area contributed by atoms with Crippen LogP contribution in [0.2, 0.25) is 39.3 Å². The molecule has 20 nitrogen and oxygen atoms in total. The van der Waals surface area contributed by atoms with Crippen LogP contribution in [0.4, 0.5) is 0 Å². The Bertz CT molecular complexity index is 1160. The minimum absolute atomic E-state index is 0.0941. The fraction of sp³-hybridized carbons (Fsp3) is 1.00. The van der Waals surface area contributed by atoms with Gasteiger partial charge in [0.1, 0.15) is 16.5 Å². The molecule has 0 aromatic carbocycles. The van der Waals surface area contributed by atoms with Crippen LogP contribution in [0, 0.1) is 0 Å². The summed E-state index contributed by atoms with van der Waals surface area (Å²) < 4.78 is 64.9. The topological polar surface area (TPSA) is 116 Å². The molecule has 0 amide bonds. The van der Waals surface area contributed by atoms with Gasteiger partial charge in [-0.2, -0.15) is 0 Å². The van der Waals surface area contributed by atoms with E-state index in [1.807, 2.05) is 42.3 Å². The Morgan fingerprint density at radius 1 is 0.514 bits per heavy atom. The SMILES string of the molecule is C1CN2CCO[SiH](O1)OCC2.CCN(CC)[SiH2]N(CC)CC.CN(C)[Si](Cl)(N(C)C)N(C)C.CN(C)[Si](N(C)C)(N(C)C)N(C)C.CO[Si]12OCCN(CCO1)CCO2.C[Si](C)(C)N[Si](C)(C)C.[SiH3]N([SiH3])[SiH3]. The smallest absolute Gasteiger partial charge is 0.390 e. The van der Waals surface area contributed by atoms with Crippen LogP contribution in [0.5, 0.6) is 0 Å². The summed E-state index contributed by atoms with van der Waals surface area (Å²) in [6.07, 6.45) is 0. The van der Waals surface area contributed by atoms with Gasteiger partial charge in [0.05, 0.1) is 70.9 Å². The standard InChI is InChI=1S/C8H24N4Si.C8H22N2Si.C7H15NO4Si.C6H18ClN3Si.C6H13NO3Si.C6H19NSi2.H9NSi3/c1-9(2)13(10(3)4,11(5)6)12(7)8;1-5-9(6-2)11-10(7-3)8-4;1-9-13-10-5-2-8(3-6-11-13)4-7-12-13;1-8(2)11(7,9(3)4)10(5)6;1-4-8-11-9-5-2-7(1)3-6-10-11;1-8(2,3)7-9(4,5)6;2-1(3)4/h1-8H3;5-8,11H2,1-4H3;2-7H2,1H3;1-6H3;11H,1-6H2;7H,1-6H3;2-4H3. The van der Waals surface area contributed by atoms with E-state index in [1.54, 1.807) is 7.11 Å². The quantitative estimate of drug-likeness (QED) is 0.131. The molecule has 0 atom stereocenters. The molecule has 0 saturated carbocycles. The van der Waals surface area contributed by atoms with E-state index in [-0.39, 0.29) is 9.84 Å². The molecule has 6 heterocycles. The highest BCUT2D eigenvalue weighted by Crippen LogP contribution is 2.18. The van der Waals surface area contributed by atoms with E-state index < -0.39 is 51.6 Å². The fourth-order valence-electron chi connectivity index (χ4n) is 8.71. The molecular formula is C41H120ClN13O7Si10. The highest BCUT2D eigenvalue weighted by atomic mass is 35.6. The Morgan fingerprint density at radius 3 is 0.917 bits per heavy atom. The van der Waals surface area contributed by atoms with Gasteiger partial charge in [-0.3, -0.25) is 41.8 Å². The number of halogens is 1. The largest absolute Gasteiger partial charge is 0.679 e. The third-order valence-electron chi connectivity index (χ3n) is 11.3. The summed E-state index contributed by atoms with van der Waals surface area (Å²) in [6, 6.07) is 0. The highest BCUT2D eigenvalue weighted by Gasteiger charge is 2.47. The summed E-state index contributed by atoms with van der Waals surface area (Å²) in [7, 11) is 24.5. The first kappa shape index (κ1) is 77.9. The van der Waals surface area contributed by atoms with Gasteiger partial charge < -0.3 is 48.7 Å². The summed E-state index contributed by atoms with van der Waals surface area (Å²) in [5.41, 5.74) is 0. The molecule has 6 rings (SSSR count). The maximum absolute atomic E-state index is 6.46. The second-order valence-corrected chi connectivity index (χ2v) is 58.7. The maximum atomic E-state index is 6.46. The summed E-state index contributed by atoms with van der Waals surface area (Å²) >= 11 is 6.46. The van der Waals surface area contributed by atoms with E-state index in [9.17, 15) is 0 Å². The molecule has 0 aromatic rings. The van der Waals surface area contributed by atoms with Crippen LogP contribution in [0.15, 0.2) is 0 Å². The third kappa shape index (κ3) is 33.3. The molecule has 0 unspecified atom stereocenters. The van der Waals surface area contributed by atoms with Gasteiger partial charge in [0.25, 0.3) is 0 Å². The van der Waals surface area contributed by atoms with Crippen molar-refractivity contribution in [1.82, 2.24) is 59.4 Å². The number of fused-ring (bicyclic) bond motifs is 12. The molecular weight excluding hydrogens is 1100 g/mol. The molecule has 6 saturated heterocycles. The van der Waals surface area contributed by atoms with Gasteiger partial charge in [-0.15, -0.1) is 11.1 Å². The van der Waals surface area contributed by atoms with Crippen LogP contribution in [0.25, 0.3) is 0 Å². The number of rotatable bonds is 16. The minimum atomic E-state index is -2.73. The molecule has 31 heteroatoms. The van der Waals surface area contributed by atoms with Crippen molar-refractivity contribution in [1.29, 1.82) is 0 Å². The zero-order valence-corrected chi connectivity index (χ0v) is 66.5. The van der Waals surface area contributed by atoms with E-state index in [1.165, 1.54) is 57.4 Å². The van der Waals surface area contributed by atoms with E-state index in [0.29, 0.717) is 19.8 Å². The second-order valence-electron chi connectivity index (χ2n) is 22.0. The molecule has 72 heavy (non-hydrogen) atoms. The molecule has 438 valence electrons. The second kappa shape index (κ2) is 40.8. The first-order valence-electron chi connectivity index (χ1n) is 26.1. The number of hydrogen-bond donors (Lipinski definition) is 1. The van der Waals surface area contributed by atoms with Crippen LogP contribution in [-0.4, -0.2) is 358 Å². The lowest BCUT2D eigenvalue weighted by Gasteiger charge is -2.49. The maximum Gasteiger partial charge on any atom is 0.679 e. The van der Waals surface area contributed by atoms with Gasteiger partial charge in [0.2, 0.25) is 0 Å². The van der Waals surface area contributed by atoms with Crippen molar-refractivity contribution < 1.29 is 31.0 Å². The zero-order chi connectivity index (χ0) is 56.7. The molecule has 0 radical (unpaired) electrons. The van der Waals surface area contributed by atoms with Gasteiger partial charge in [-0.05, 0) is 125 Å². The van der Waals surface area contributed by atoms with Crippen molar-refractivity contribution in [3.8, 4) is 0 Å². The summed E-state index contributed by atoms with van der Waals surface area (Å²) in [5, 5.41) is 0. The van der Waals surface area contributed by atoms with Crippen LogP contribution < -0.4 is 4.65 Å². The minimum Gasteiger partial charge on any atom is -0.390 e.